The van der Waals surface area contributed by atoms with Gasteiger partial charge in [0.1, 0.15) is 11.7 Å². The summed E-state index contributed by atoms with van der Waals surface area (Å²) in [7, 11) is -5.05. The number of aromatic nitrogens is 2. The second kappa shape index (κ2) is 20.2. The summed E-state index contributed by atoms with van der Waals surface area (Å²) in [4.78, 5) is 79.2. The molecule has 0 saturated carbocycles. The molecule has 0 fully saturated rings. The van der Waals surface area contributed by atoms with Crippen LogP contribution in [0.15, 0.2) is 67.1 Å². The summed E-state index contributed by atoms with van der Waals surface area (Å²) in [5.41, 5.74) is 1.13. The zero-order chi connectivity index (χ0) is 39.3. The number of nitrogens with one attached hydrogen (secondary N) is 3. The molecule has 0 saturated heterocycles. The molecule has 17 nitrogen and oxygen atoms in total. The molecule has 2 heterocycles. The Morgan fingerprint density at radius 1 is 1.02 bits per heavy atom. The van der Waals surface area contributed by atoms with E-state index in [4.69, 9.17) is 23.8 Å². The predicted octanol–water partition coefficient (Wildman–Crippen LogP) is 3.35. The van der Waals surface area contributed by atoms with E-state index < -0.39 is 64.5 Å². The quantitative estimate of drug-likeness (QED) is 0.0752. The summed E-state index contributed by atoms with van der Waals surface area (Å²) in [5.74, 6) is -2.16. The lowest BCUT2D eigenvalue weighted by Gasteiger charge is -2.27. The molecule has 4 amide bonds. The summed E-state index contributed by atoms with van der Waals surface area (Å²) < 4.78 is 39.9. The van der Waals surface area contributed by atoms with Gasteiger partial charge in [0.2, 0.25) is 17.3 Å². The fraction of sp³-hybridized carbons (Fsp3) is 0.412. The van der Waals surface area contributed by atoms with Crippen molar-refractivity contribution in [3.63, 3.8) is 0 Å². The summed E-state index contributed by atoms with van der Waals surface area (Å²) in [6.45, 7) is 4.12. The van der Waals surface area contributed by atoms with Crippen molar-refractivity contribution in [2.24, 2.45) is 5.92 Å². The number of carbonyl (C=O) groups excluding carboxylic acids is 4. The highest BCUT2D eigenvalue weighted by atomic mass is 31.2. The lowest BCUT2D eigenvalue weighted by atomic mass is 9.73. The number of ether oxygens (including phenoxy) is 1. The lowest BCUT2D eigenvalue weighted by Crippen LogP contribution is -2.56. The van der Waals surface area contributed by atoms with Gasteiger partial charge in [0.15, 0.2) is 8.46 Å². The molecule has 0 radical (unpaired) electrons. The molecule has 0 bridgehead atoms. The topological polar surface area (TPSA) is 236 Å². The van der Waals surface area contributed by atoms with Crippen molar-refractivity contribution in [1.29, 1.82) is 0 Å². The van der Waals surface area contributed by atoms with Crippen LogP contribution in [0.5, 0.6) is 0 Å². The average molecular weight is 785 g/mol. The largest absolute Gasteiger partial charge is 0.481 e. The summed E-state index contributed by atoms with van der Waals surface area (Å²) in [6, 6.07) is 13.6. The standard InChI is InChI=1S/C34H43BN6O11P2/c1-22(2)16-29(39-31(43)27(17-23-8-5-4-6-9-23)38-32(44)28-19-36-13-14-37-28)35-51-20-24-11-12-26(18-25(24)21-52-35)41(3)34(45)50-15-7-10-30(42)40-33(53-46)54(47,48)49/h4-6,8-9,11-14,18-19,22,27,29,33H,7,10,15-17,20-21H2,1-3H3,(H,38,44)(H,39,43)(H,40,42)(H2,47,48,49)/t27-,29-,33?/m1/s1. The minimum atomic E-state index is -4.79. The van der Waals surface area contributed by atoms with E-state index in [1.54, 1.807) is 18.2 Å². The molecule has 1 aliphatic rings. The van der Waals surface area contributed by atoms with Crippen LogP contribution in [0.2, 0.25) is 0 Å². The normalized spacial score (nSPS) is 14.6. The zero-order valence-electron chi connectivity index (χ0n) is 30.0. The number of hydrogen-bond donors (Lipinski definition) is 5. The second-order valence-corrected chi connectivity index (χ2v) is 15.7. The van der Waals surface area contributed by atoms with Gasteiger partial charge in [-0.05, 0) is 47.6 Å². The number of nitrogens with zero attached hydrogens (tertiary/aromatic N) is 3. The third-order valence-electron chi connectivity index (χ3n) is 8.22. The Morgan fingerprint density at radius 2 is 1.74 bits per heavy atom. The molecule has 1 aromatic heterocycles. The van der Waals surface area contributed by atoms with E-state index in [2.05, 4.69) is 20.6 Å². The summed E-state index contributed by atoms with van der Waals surface area (Å²) in [5, 5.41) is 7.85. The number of anilines is 1. The third kappa shape index (κ3) is 12.8. The maximum absolute atomic E-state index is 13.9. The van der Waals surface area contributed by atoms with Crippen molar-refractivity contribution in [2.75, 3.05) is 18.6 Å². The van der Waals surface area contributed by atoms with Gasteiger partial charge in [-0.1, -0.05) is 50.2 Å². The molecule has 1 unspecified atom stereocenters. The van der Waals surface area contributed by atoms with Crippen LogP contribution in [-0.4, -0.2) is 81.8 Å². The van der Waals surface area contributed by atoms with Gasteiger partial charge in [0.05, 0.1) is 32.0 Å². The van der Waals surface area contributed by atoms with E-state index in [0.717, 1.165) is 16.7 Å². The Kier molecular flexibility index (Phi) is 15.8. The average Bonchev–Trinajstić information content (AvgIpc) is 3.37. The van der Waals surface area contributed by atoms with Gasteiger partial charge in [0, 0.05) is 38.0 Å². The number of fused-ring (bicyclic) bond motifs is 1. The first-order valence-corrected chi connectivity index (χ1v) is 19.6. The second-order valence-electron chi connectivity index (χ2n) is 12.9. The third-order valence-corrected chi connectivity index (χ3v) is 10.5. The van der Waals surface area contributed by atoms with Gasteiger partial charge in [-0.15, -0.1) is 0 Å². The molecule has 3 atom stereocenters. The Labute approximate surface area is 314 Å². The first-order chi connectivity index (χ1) is 25.7. The van der Waals surface area contributed by atoms with Gasteiger partial charge in [-0.3, -0.25) is 33.4 Å². The number of benzene rings is 2. The van der Waals surface area contributed by atoms with Crippen molar-refractivity contribution in [2.45, 2.75) is 70.3 Å². The highest BCUT2D eigenvalue weighted by Crippen LogP contribution is 2.44. The van der Waals surface area contributed by atoms with Crippen LogP contribution in [0.3, 0.4) is 0 Å². The maximum Gasteiger partial charge on any atom is 0.481 e. The first kappa shape index (κ1) is 42.2. The summed E-state index contributed by atoms with van der Waals surface area (Å²) in [6.07, 6.45) is 4.03. The van der Waals surface area contributed by atoms with Gasteiger partial charge in [-0.25, -0.2) is 9.78 Å². The van der Waals surface area contributed by atoms with Crippen molar-refractivity contribution >= 4 is 52.7 Å². The number of amides is 4. The van der Waals surface area contributed by atoms with Crippen LogP contribution >= 0.6 is 16.1 Å². The Bertz CT molecular complexity index is 1810. The molecule has 0 aliphatic carbocycles. The molecule has 288 valence electrons. The van der Waals surface area contributed by atoms with Crippen molar-refractivity contribution in [1.82, 2.24) is 25.9 Å². The molecular weight excluding hydrogens is 741 g/mol. The molecule has 4 rings (SSSR count). The van der Waals surface area contributed by atoms with E-state index >= 15 is 0 Å². The van der Waals surface area contributed by atoms with Crippen LogP contribution in [0, 0.1) is 5.92 Å². The molecule has 2 aromatic carbocycles. The van der Waals surface area contributed by atoms with E-state index in [1.165, 1.54) is 30.5 Å². The first-order valence-electron chi connectivity index (χ1n) is 17.1. The minimum absolute atomic E-state index is 0.0565. The Balaban J connectivity index is 1.37. The van der Waals surface area contributed by atoms with Crippen molar-refractivity contribution in [3.8, 4) is 0 Å². The molecule has 20 heteroatoms. The van der Waals surface area contributed by atoms with Gasteiger partial charge < -0.3 is 39.8 Å². The van der Waals surface area contributed by atoms with E-state index in [-0.39, 0.29) is 50.7 Å². The summed E-state index contributed by atoms with van der Waals surface area (Å²) >= 11 is 0. The highest BCUT2D eigenvalue weighted by Gasteiger charge is 2.37. The van der Waals surface area contributed by atoms with Gasteiger partial charge in [0.25, 0.3) is 5.91 Å². The maximum atomic E-state index is 13.9. The van der Waals surface area contributed by atoms with Crippen molar-refractivity contribution in [3.05, 3.63) is 89.5 Å². The van der Waals surface area contributed by atoms with Gasteiger partial charge in [-0.2, -0.15) is 0 Å². The van der Waals surface area contributed by atoms with E-state index in [1.807, 2.05) is 49.5 Å². The number of carbonyl (C=O) groups is 4. The fourth-order valence-electron chi connectivity index (χ4n) is 5.44. The minimum Gasteiger partial charge on any atom is -0.449 e. The Hall–Kier alpha value is -4.57. The van der Waals surface area contributed by atoms with Crippen LogP contribution in [0.1, 0.15) is 60.3 Å². The van der Waals surface area contributed by atoms with E-state index in [9.17, 15) is 28.3 Å². The van der Waals surface area contributed by atoms with Crippen LogP contribution in [0.4, 0.5) is 10.5 Å². The molecule has 1 aliphatic heterocycles. The number of rotatable bonds is 17. The monoisotopic (exact) mass is 784 g/mol. The zero-order valence-corrected chi connectivity index (χ0v) is 31.8. The SMILES string of the molecule is CC(C)C[C@@H](NC(=O)[C@@H](Cc1ccccc1)NC(=O)c1cnccn1)B1OCc2ccc(N(C)C(=O)OCCCC(=O)NC(P=O)P(=O)(O)O)cc2CO1. The van der Waals surface area contributed by atoms with Gasteiger partial charge >= 0.3 is 20.8 Å². The van der Waals surface area contributed by atoms with Crippen LogP contribution in [0.25, 0.3) is 0 Å². The predicted molar refractivity (Wildman–Crippen MR) is 197 cm³/mol. The molecular formula is C34H43BN6O11P2. The van der Waals surface area contributed by atoms with E-state index in [0.29, 0.717) is 12.1 Å². The molecule has 3 aromatic rings. The fourth-order valence-corrected chi connectivity index (χ4v) is 6.44. The van der Waals surface area contributed by atoms with Crippen LogP contribution in [-0.2, 0) is 52.4 Å². The molecule has 5 N–H and O–H groups in total. The number of hydrogen-bond acceptors (Lipinski definition) is 11. The highest BCUT2D eigenvalue weighted by molar-refractivity contribution is 7.61. The Morgan fingerprint density at radius 3 is 2.39 bits per heavy atom. The smallest absolute Gasteiger partial charge is 0.449 e. The lowest BCUT2D eigenvalue weighted by molar-refractivity contribution is -0.123. The van der Waals surface area contributed by atoms with Crippen LogP contribution < -0.4 is 20.9 Å². The molecule has 0 spiro atoms. The molecule has 54 heavy (non-hydrogen) atoms. The van der Waals surface area contributed by atoms with Crippen molar-refractivity contribution < 1.29 is 52.1 Å².